The average Bonchev–Trinajstić information content (AvgIpc) is 2.46. The Morgan fingerprint density at radius 3 is 2.05 bits per heavy atom. The van der Waals surface area contributed by atoms with Crippen molar-refractivity contribution in [3.8, 4) is 0 Å². The minimum atomic E-state index is -0.816. The third-order valence-corrected chi connectivity index (χ3v) is 8.78. The zero-order valence-corrected chi connectivity index (χ0v) is 16.6. The molecule has 0 bridgehead atoms. The first-order valence-corrected chi connectivity index (χ1v) is 11.5. The van der Waals surface area contributed by atoms with Crippen LogP contribution in [0, 0.1) is 11.8 Å². The molecule has 0 saturated carbocycles. The average molecular weight is 314 g/mol. The normalized spacial score (nSPS) is 12.2. The topological polar surface area (TPSA) is 0 Å². The predicted octanol–water partition coefficient (Wildman–Crippen LogP) is 7.00. The van der Waals surface area contributed by atoms with Crippen LogP contribution in [0.1, 0.15) is 65.9 Å². The molecular formula is C21H35Al. The highest BCUT2D eigenvalue weighted by Crippen LogP contribution is 2.26. The summed E-state index contributed by atoms with van der Waals surface area (Å²) in [6, 6.07) is 11.0. The summed E-state index contributed by atoms with van der Waals surface area (Å²) < 4.78 is 1.82. The second-order valence-electron chi connectivity index (χ2n) is 7.54. The van der Waals surface area contributed by atoms with Gasteiger partial charge < -0.3 is 0 Å². The van der Waals surface area contributed by atoms with Crippen LogP contribution in [0.3, 0.4) is 0 Å². The molecule has 0 unspecified atom stereocenters. The molecule has 0 spiro atoms. The van der Waals surface area contributed by atoms with Crippen LogP contribution in [0.2, 0.25) is 10.6 Å². The van der Waals surface area contributed by atoms with E-state index in [-0.39, 0.29) is 0 Å². The summed E-state index contributed by atoms with van der Waals surface area (Å²) in [5.74, 6) is 1.67. The van der Waals surface area contributed by atoms with E-state index < -0.39 is 14.1 Å². The fourth-order valence-electron chi connectivity index (χ4n) is 3.27. The molecule has 1 aromatic rings. The number of hydrogen-bond acceptors (Lipinski definition) is 0. The smallest absolute Gasteiger partial charge is 0.130 e. The molecule has 0 radical (unpaired) electrons. The molecule has 0 aromatic heterocycles. The van der Waals surface area contributed by atoms with Gasteiger partial charge in [0.1, 0.15) is 0 Å². The molecule has 22 heavy (non-hydrogen) atoms. The highest BCUT2D eigenvalue weighted by molar-refractivity contribution is 6.67. The van der Waals surface area contributed by atoms with Gasteiger partial charge in [0, 0.05) is 0 Å². The lowest BCUT2D eigenvalue weighted by atomic mass is 10.1. The Morgan fingerprint density at radius 1 is 0.955 bits per heavy atom. The molecule has 122 valence electrons. The maximum Gasteiger partial charge on any atom is 0.299 e. The molecular weight excluding hydrogens is 279 g/mol. The largest absolute Gasteiger partial charge is 0.299 e. The molecule has 0 saturated heterocycles. The number of hydrogen-bond donors (Lipinski definition) is 0. The molecule has 0 aliphatic rings. The summed E-state index contributed by atoms with van der Waals surface area (Å²) in [5, 5.41) is 2.92. The first-order valence-electron chi connectivity index (χ1n) is 9.28. The van der Waals surface area contributed by atoms with Gasteiger partial charge in [0.05, 0.1) is 0 Å². The van der Waals surface area contributed by atoms with Crippen molar-refractivity contribution in [2.24, 2.45) is 11.8 Å². The maximum atomic E-state index is 2.54. The highest BCUT2D eigenvalue weighted by Gasteiger charge is 2.24. The summed E-state index contributed by atoms with van der Waals surface area (Å²) >= 11 is -0.816. The van der Waals surface area contributed by atoms with E-state index in [1.54, 1.807) is 0 Å². The fourth-order valence-corrected chi connectivity index (χ4v) is 7.39. The zero-order valence-electron chi connectivity index (χ0n) is 15.4. The van der Waals surface area contributed by atoms with E-state index in [9.17, 15) is 0 Å². The van der Waals surface area contributed by atoms with Gasteiger partial charge in [-0.05, 0) is 12.0 Å². The molecule has 0 atom stereocenters. The SMILES string of the molecule is CCCCC[C](=Cc1ccccc1)[Al]([CH2]C(C)C)[CH2]C(C)C. The lowest BCUT2D eigenvalue weighted by Crippen LogP contribution is -2.21. The van der Waals surface area contributed by atoms with Crippen molar-refractivity contribution >= 4 is 20.2 Å². The number of allylic oxidation sites excluding steroid dienone is 1. The quantitative estimate of drug-likeness (QED) is 0.322. The first-order chi connectivity index (χ1) is 10.5. The number of rotatable bonds is 10. The Labute approximate surface area is 143 Å². The Bertz CT molecular complexity index is 407. The van der Waals surface area contributed by atoms with Gasteiger partial charge >= 0.3 is 0 Å². The summed E-state index contributed by atoms with van der Waals surface area (Å²) in [6.45, 7) is 11.9. The number of unbranched alkanes of at least 4 members (excludes halogenated alkanes) is 2. The van der Waals surface area contributed by atoms with Crippen LogP contribution in [0.25, 0.3) is 6.08 Å². The van der Waals surface area contributed by atoms with Gasteiger partial charge in [-0.15, -0.1) is 4.44 Å². The van der Waals surface area contributed by atoms with E-state index in [0.717, 1.165) is 11.8 Å². The molecule has 1 heteroatoms. The maximum absolute atomic E-state index is 2.54. The lowest BCUT2D eigenvalue weighted by Gasteiger charge is -2.20. The summed E-state index contributed by atoms with van der Waals surface area (Å²) in [7, 11) is 0. The third-order valence-electron chi connectivity index (χ3n) is 4.26. The summed E-state index contributed by atoms with van der Waals surface area (Å²) in [5.41, 5.74) is 1.40. The molecule has 0 aliphatic carbocycles. The van der Waals surface area contributed by atoms with Gasteiger partial charge in [-0.25, -0.2) is 0 Å². The third kappa shape index (κ3) is 8.21. The van der Waals surface area contributed by atoms with Crippen molar-refractivity contribution < 1.29 is 0 Å². The second kappa shape index (κ2) is 11.1. The molecule has 0 N–H and O–H groups in total. The highest BCUT2D eigenvalue weighted by atomic mass is 27.2. The van der Waals surface area contributed by atoms with E-state index in [0.29, 0.717) is 0 Å². The molecule has 1 aromatic carbocycles. The fraction of sp³-hybridized carbons (Fsp3) is 0.619. The second-order valence-corrected chi connectivity index (χ2v) is 10.6. The Morgan fingerprint density at radius 2 is 1.55 bits per heavy atom. The van der Waals surface area contributed by atoms with E-state index in [4.69, 9.17) is 0 Å². The van der Waals surface area contributed by atoms with Crippen molar-refractivity contribution in [3.05, 3.63) is 40.3 Å². The molecule has 0 heterocycles. The van der Waals surface area contributed by atoms with Crippen LogP contribution in [0.5, 0.6) is 0 Å². The van der Waals surface area contributed by atoms with Gasteiger partial charge in [-0.1, -0.05) is 113 Å². The Balaban J connectivity index is 2.95. The monoisotopic (exact) mass is 314 g/mol. The van der Waals surface area contributed by atoms with Crippen molar-refractivity contribution in [2.45, 2.75) is 70.9 Å². The van der Waals surface area contributed by atoms with Crippen LogP contribution in [-0.4, -0.2) is 14.1 Å². The van der Waals surface area contributed by atoms with Crippen LogP contribution in [0.4, 0.5) is 0 Å². The molecule has 0 aliphatic heterocycles. The van der Waals surface area contributed by atoms with E-state index in [1.807, 2.05) is 4.44 Å². The molecule has 0 amide bonds. The van der Waals surface area contributed by atoms with E-state index >= 15 is 0 Å². The number of benzene rings is 1. The van der Waals surface area contributed by atoms with Crippen molar-refractivity contribution in [1.82, 2.24) is 0 Å². The van der Waals surface area contributed by atoms with E-state index in [1.165, 1.54) is 41.8 Å². The van der Waals surface area contributed by atoms with Gasteiger partial charge in [-0.2, -0.15) is 0 Å². The molecule has 1 rings (SSSR count). The summed E-state index contributed by atoms with van der Waals surface area (Å²) in [6.07, 6.45) is 7.93. The van der Waals surface area contributed by atoms with Gasteiger partial charge in [0.15, 0.2) is 0 Å². The standard InChI is InChI=1S/C13H17.2C4H9.Al/c1-2-3-4-5-7-10-13-11-8-6-9-12-13;2*1-4(2)3;/h6,8-12H,2-5H2,1H3;2*4H,1H2,2-3H3;. The first kappa shape index (κ1) is 19.5. The van der Waals surface area contributed by atoms with Gasteiger partial charge in [0.2, 0.25) is 0 Å². The van der Waals surface area contributed by atoms with Crippen LogP contribution in [-0.2, 0) is 0 Å². The zero-order chi connectivity index (χ0) is 16.4. The van der Waals surface area contributed by atoms with Gasteiger partial charge in [-0.3, -0.25) is 0 Å². The van der Waals surface area contributed by atoms with Crippen molar-refractivity contribution in [1.29, 1.82) is 0 Å². The summed E-state index contributed by atoms with van der Waals surface area (Å²) in [4.78, 5) is 0. The Hall–Kier alpha value is -0.508. The van der Waals surface area contributed by atoms with Crippen LogP contribution < -0.4 is 0 Å². The molecule has 0 nitrogen and oxygen atoms in total. The van der Waals surface area contributed by atoms with E-state index in [2.05, 4.69) is 71.0 Å². The Kier molecular flexibility index (Phi) is 9.85. The molecule has 0 fully saturated rings. The lowest BCUT2D eigenvalue weighted by molar-refractivity contribution is 0.683. The minimum absolute atomic E-state index is 0.816. The predicted molar refractivity (Wildman–Crippen MR) is 104 cm³/mol. The van der Waals surface area contributed by atoms with Crippen LogP contribution >= 0.6 is 0 Å². The van der Waals surface area contributed by atoms with Crippen molar-refractivity contribution in [2.75, 3.05) is 0 Å². The van der Waals surface area contributed by atoms with Gasteiger partial charge in [0.25, 0.3) is 14.1 Å². The minimum Gasteiger partial charge on any atom is -0.130 e. The van der Waals surface area contributed by atoms with Crippen molar-refractivity contribution in [3.63, 3.8) is 0 Å². The van der Waals surface area contributed by atoms with Crippen LogP contribution in [0.15, 0.2) is 34.8 Å².